The van der Waals surface area contributed by atoms with Crippen LogP contribution < -0.4 is 5.32 Å². The topological polar surface area (TPSA) is 108 Å². The van der Waals surface area contributed by atoms with Crippen molar-refractivity contribution in [2.75, 3.05) is 32.2 Å². The van der Waals surface area contributed by atoms with E-state index < -0.39 is 25.9 Å². The monoisotopic (exact) mass is 356 g/mol. The van der Waals surface area contributed by atoms with Crippen molar-refractivity contribution in [3.63, 3.8) is 0 Å². The van der Waals surface area contributed by atoms with Gasteiger partial charge in [-0.15, -0.1) is 0 Å². The summed E-state index contributed by atoms with van der Waals surface area (Å²) in [4.78, 5) is 11.7. The van der Waals surface area contributed by atoms with Gasteiger partial charge in [0.2, 0.25) is 5.88 Å². The number of carbonyl (C=O) groups excluding carboxylic acids is 1. The highest BCUT2D eigenvalue weighted by Gasteiger charge is 2.33. The van der Waals surface area contributed by atoms with Crippen molar-refractivity contribution in [3.05, 3.63) is 29.8 Å². The Balaban J connectivity index is 2.03. The first-order valence-electron chi connectivity index (χ1n) is 7.32. The molecule has 132 valence electrons. The highest BCUT2D eigenvalue weighted by molar-refractivity contribution is 7.96. The van der Waals surface area contributed by atoms with Gasteiger partial charge in [-0.1, -0.05) is 18.3 Å². The van der Waals surface area contributed by atoms with E-state index in [0.29, 0.717) is 37.3 Å². The van der Waals surface area contributed by atoms with Gasteiger partial charge >= 0.3 is 0 Å². The van der Waals surface area contributed by atoms with Gasteiger partial charge in [0.15, 0.2) is 9.84 Å². The number of amides is 1. The Bertz CT molecular complexity index is 731. The lowest BCUT2D eigenvalue weighted by atomic mass is 10.2. The third-order valence-corrected chi connectivity index (χ3v) is 5.85. The van der Waals surface area contributed by atoms with E-state index in [1.165, 1.54) is 13.2 Å². The minimum atomic E-state index is -3.79. The molecule has 0 spiro atoms. The number of anilines is 1. The lowest BCUT2D eigenvalue weighted by molar-refractivity contribution is -0.112. The van der Waals surface area contributed by atoms with Crippen LogP contribution in [0.3, 0.4) is 0 Å². The van der Waals surface area contributed by atoms with Gasteiger partial charge in [-0.25, -0.2) is 8.42 Å². The first kappa shape index (κ1) is 18.4. The zero-order valence-electron chi connectivity index (χ0n) is 13.4. The van der Waals surface area contributed by atoms with Crippen LogP contribution in [0.15, 0.2) is 28.7 Å². The van der Waals surface area contributed by atoms with Crippen LogP contribution in [0.25, 0.3) is 5.57 Å². The Kier molecular flexibility index (Phi) is 5.92. The van der Waals surface area contributed by atoms with Crippen LogP contribution in [0.4, 0.5) is 5.88 Å². The smallest absolute Gasteiger partial charge is 0.268 e. The molecule has 0 saturated carbocycles. The van der Waals surface area contributed by atoms with Crippen LogP contribution in [0, 0.1) is 0 Å². The van der Waals surface area contributed by atoms with E-state index in [0.717, 1.165) is 0 Å². The SMILES string of the molecule is C=C(COC)c1cc(NC(=O)C(=C)S(=O)(=O)C2CCOCC2)on1. The highest BCUT2D eigenvalue weighted by Crippen LogP contribution is 2.23. The summed E-state index contributed by atoms with van der Waals surface area (Å²) in [5.41, 5.74) is 0.973. The number of methoxy groups -OCH3 is 1. The lowest BCUT2D eigenvalue weighted by Gasteiger charge is -2.22. The minimum Gasteiger partial charge on any atom is -0.381 e. The summed E-state index contributed by atoms with van der Waals surface area (Å²) in [7, 11) is -2.27. The van der Waals surface area contributed by atoms with Gasteiger partial charge in [-0.2, -0.15) is 0 Å². The standard InChI is InChI=1S/C15H20N2O6S/c1-10(9-21-3)13-8-14(23-17-13)16-15(18)11(2)24(19,20)12-4-6-22-7-5-12/h8,12H,1-2,4-7,9H2,3H3,(H,16,18). The predicted molar refractivity (Wildman–Crippen MR) is 87.9 cm³/mol. The van der Waals surface area contributed by atoms with Crippen molar-refractivity contribution < 1.29 is 27.2 Å². The fourth-order valence-electron chi connectivity index (χ4n) is 2.25. The second kappa shape index (κ2) is 7.73. The normalized spacial score (nSPS) is 15.9. The van der Waals surface area contributed by atoms with Crippen molar-refractivity contribution in [1.29, 1.82) is 0 Å². The maximum Gasteiger partial charge on any atom is 0.268 e. The molecule has 1 amide bonds. The van der Waals surface area contributed by atoms with Crippen LogP contribution in [0.5, 0.6) is 0 Å². The molecule has 1 fully saturated rings. The van der Waals surface area contributed by atoms with Gasteiger partial charge in [0, 0.05) is 26.4 Å². The van der Waals surface area contributed by atoms with E-state index in [2.05, 4.69) is 23.6 Å². The summed E-state index contributed by atoms with van der Waals surface area (Å²) in [5.74, 6) is -0.836. The fraction of sp³-hybridized carbons (Fsp3) is 0.467. The molecule has 0 unspecified atom stereocenters. The van der Waals surface area contributed by atoms with E-state index in [9.17, 15) is 13.2 Å². The van der Waals surface area contributed by atoms with Crippen LogP contribution in [-0.2, 0) is 24.1 Å². The number of sulfone groups is 1. The molecule has 0 aliphatic carbocycles. The summed E-state index contributed by atoms with van der Waals surface area (Å²) < 4.78 is 39.9. The molecule has 1 aliphatic rings. The second-order valence-corrected chi connectivity index (χ2v) is 7.60. The van der Waals surface area contributed by atoms with Gasteiger partial charge in [0.1, 0.15) is 10.6 Å². The van der Waals surface area contributed by atoms with Gasteiger partial charge in [-0.3, -0.25) is 10.1 Å². The minimum absolute atomic E-state index is 0.00980. The van der Waals surface area contributed by atoms with Gasteiger partial charge in [0.25, 0.3) is 5.91 Å². The molecule has 1 aromatic rings. The molecular formula is C15H20N2O6S. The third kappa shape index (κ3) is 4.11. The van der Waals surface area contributed by atoms with E-state index >= 15 is 0 Å². The number of nitrogens with one attached hydrogen (secondary N) is 1. The van der Waals surface area contributed by atoms with Crippen LogP contribution in [0.2, 0.25) is 0 Å². The summed E-state index contributed by atoms with van der Waals surface area (Å²) in [6.07, 6.45) is 0.690. The number of hydrogen-bond donors (Lipinski definition) is 1. The van der Waals surface area contributed by atoms with Gasteiger partial charge < -0.3 is 14.0 Å². The highest BCUT2D eigenvalue weighted by atomic mass is 32.2. The van der Waals surface area contributed by atoms with Crippen LogP contribution in [0.1, 0.15) is 18.5 Å². The Labute approximate surface area is 140 Å². The first-order valence-corrected chi connectivity index (χ1v) is 8.86. The molecule has 0 radical (unpaired) electrons. The van der Waals surface area contributed by atoms with E-state index in [4.69, 9.17) is 14.0 Å². The van der Waals surface area contributed by atoms with Crippen molar-refractivity contribution in [3.8, 4) is 0 Å². The molecular weight excluding hydrogens is 336 g/mol. The summed E-state index contributed by atoms with van der Waals surface area (Å²) in [5, 5.41) is 5.42. The van der Waals surface area contributed by atoms with Crippen molar-refractivity contribution >= 4 is 27.2 Å². The largest absolute Gasteiger partial charge is 0.381 e. The van der Waals surface area contributed by atoms with Crippen molar-refractivity contribution in [2.45, 2.75) is 18.1 Å². The Morgan fingerprint density at radius 1 is 1.42 bits per heavy atom. The number of rotatable bonds is 7. The first-order chi connectivity index (χ1) is 11.4. The Morgan fingerprint density at radius 3 is 2.71 bits per heavy atom. The molecule has 9 heteroatoms. The number of hydrogen-bond acceptors (Lipinski definition) is 7. The van der Waals surface area contributed by atoms with Crippen molar-refractivity contribution in [2.24, 2.45) is 0 Å². The molecule has 1 saturated heterocycles. The summed E-state index contributed by atoms with van der Waals surface area (Å²) >= 11 is 0. The zero-order valence-corrected chi connectivity index (χ0v) is 14.2. The maximum absolute atomic E-state index is 12.4. The predicted octanol–water partition coefficient (Wildman–Crippen LogP) is 1.38. The van der Waals surface area contributed by atoms with Crippen molar-refractivity contribution in [1.82, 2.24) is 5.16 Å². The molecule has 1 aromatic heterocycles. The molecule has 8 nitrogen and oxygen atoms in total. The van der Waals surface area contributed by atoms with E-state index in [1.807, 2.05) is 0 Å². The molecule has 24 heavy (non-hydrogen) atoms. The summed E-state index contributed by atoms with van der Waals surface area (Å²) in [6, 6.07) is 1.44. The third-order valence-electron chi connectivity index (χ3n) is 3.63. The number of carbonyl (C=O) groups is 1. The molecule has 0 aromatic carbocycles. The Hall–Kier alpha value is -1.97. The number of aromatic nitrogens is 1. The Morgan fingerprint density at radius 2 is 2.08 bits per heavy atom. The van der Waals surface area contributed by atoms with Crippen LogP contribution in [-0.4, -0.2) is 51.7 Å². The molecule has 2 heterocycles. The quantitative estimate of drug-likeness (QED) is 0.735. The fourth-order valence-corrected chi connectivity index (χ4v) is 3.77. The van der Waals surface area contributed by atoms with Gasteiger partial charge in [0.05, 0.1) is 11.9 Å². The number of nitrogens with zero attached hydrogens (tertiary/aromatic N) is 1. The molecule has 1 aliphatic heterocycles. The average molecular weight is 356 g/mol. The molecule has 1 N–H and O–H groups in total. The molecule has 0 bridgehead atoms. The summed E-state index contributed by atoms with van der Waals surface area (Å²) in [6.45, 7) is 8.15. The molecule has 2 rings (SSSR count). The van der Waals surface area contributed by atoms with Crippen LogP contribution >= 0.6 is 0 Å². The zero-order chi connectivity index (χ0) is 17.7. The van der Waals surface area contributed by atoms with Gasteiger partial charge in [-0.05, 0) is 18.4 Å². The average Bonchev–Trinajstić information content (AvgIpc) is 3.03. The lowest BCUT2D eigenvalue weighted by Crippen LogP contribution is -2.33. The number of ether oxygens (including phenoxy) is 2. The second-order valence-electron chi connectivity index (χ2n) is 5.35. The molecule has 0 atom stereocenters. The van der Waals surface area contributed by atoms with E-state index in [1.54, 1.807) is 0 Å². The maximum atomic E-state index is 12.4. The van der Waals surface area contributed by atoms with E-state index in [-0.39, 0.29) is 12.5 Å².